The van der Waals surface area contributed by atoms with Crippen LogP contribution >= 0.6 is 0 Å². The Hall–Kier alpha value is 0.0643. The first-order chi connectivity index (χ1) is 38.0. The summed E-state index contributed by atoms with van der Waals surface area (Å²) in [6.45, 7) is 10.2. The van der Waals surface area contributed by atoms with Gasteiger partial charge in [0.15, 0.2) is 0 Å². The zero-order valence-electron chi connectivity index (χ0n) is 54.6. The topological polar surface area (TPSA) is 98.0 Å². The van der Waals surface area contributed by atoms with Crippen molar-refractivity contribution in [1.29, 1.82) is 0 Å². The van der Waals surface area contributed by atoms with Gasteiger partial charge in [0.05, 0.1) is 0 Å². The van der Waals surface area contributed by atoms with Crippen LogP contribution in [-0.4, -0.2) is 46.2 Å². The fourth-order valence-corrected chi connectivity index (χ4v) is 10.6. The van der Waals surface area contributed by atoms with Crippen molar-refractivity contribution >= 4 is 5.97 Å². The molecule has 0 radical (unpaired) electrons. The molecule has 0 saturated carbocycles. The molecular formula is C72H150O5Ti. The summed E-state index contributed by atoms with van der Waals surface area (Å²) in [5.41, 5.74) is 0. The van der Waals surface area contributed by atoms with Crippen molar-refractivity contribution in [2.75, 3.05) is 19.8 Å². The molecule has 0 amide bonds. The molecule has 6 heteroatoms. The summed E-state index contributed by atoms with van der Waals surface area (Å²) < 4.78 is 0. The Morgan fingerprint density at radius 1 is 0.192 bits per heavy atom. The van der Waals surface area contributed by atoms with Crippen LogP contribution in [0.4, 0.5) is 0 Å². The number of aliphatic hydroxyl groups excluding tert-OH is 3. The Labute approximate surface area is 508 Å². The number of aliphatic hydroxyl groups is 3. The first kappa shape index (κ1) is 86.8. The van der Waals surface area contributed by atoms with Crippen LogP contribution in [0, 0.1) is 0 Å². The molecule has 0 aromatic carbocycles. The van der Waals surface area contributed by atoms with E-state index in [1.165, 1.54) is 372 Å². The molecule has 0 atom stereocenters. The van der Waals surface area contributed by atoms with Crippen molar-refractivity contribution in [1.82, 2.24) is 0 Å². The largest absolute Gasteiger partial charge is 0.481 e. The fourth-order valence-electron chi connectivity index (χ4n) is 10.6. The minimum atomic E-state index is -0.653. The van der Waals surface area contributed by atoms with E-state index in [4.69, 9.17) is 20.4 Å². The second-order valence-corrected chi connectivity index (χ2v) is 24.2. The number of hydrogen-bond acceptors (Lipinski definition) is 4. The first-order valence-corrected chi connectivity index (χ1v) is 36.1. The van der Waals surface area contributed by atoms with E-state index in [1.807, 2.05) is 0 Å². The van der Waals surface area contributed by atoms with Crippen LogP contribution in [0.25, 0.3) is 0 Å². The van der Waals surface area contributed by atoms with Crippen LogP contribution in [0.5, 0.6) is 0 Å². The average molecular weight is 1140 g/mol. The molecule has 78 heavy (non-hydrogen) atoms. The number of unbranched alkanes of at least 4 members (excludes halogenated alkanes) is 59. The van der Waals surface area contributed by atoms with Gasteiger partial charge in [0.25, 0.3) is 0 Å². The van der Waals surface area contributed by atoms with Crippen LogP contribution in [0.3, 0.4) is 0 Å². The quantitative estimate of drug-likeness (QED) is 0.0359. The van der Waals surface area contributed by atoms with Crippen LogP contribution < -0.4 is 0 Å². The maximum atomic E-state index is 10.3. The molecule has 0 fully saturated rings. The Bertz CT molecular complexity index is 805. The van der Waals surface area contributed by atoms with Gasteiger partial charge in [-0.25, -0.2) is 0 Å². The molecule has 0 aliphatic heterocycles. The van der Waals surface area contributed by atoms with Gasteiger partial charge in [-0.05, 0) is 25.7 Å². The van der Waals surface area contributed by atoms with E-state index >= 15 is 0 Å². The van der Waals surface area contributed by atoms with Gasteiger partial charge in [-0.1, -0.05) is 407 Å². The van der Waals surface area contributed by atoms with Gasteiger partial charge < -0.3 is 20.4 Å². The molecule has 0 spiro atoms. The third kappa shape index (κ3) is 101. The molecule has 0 bridgehead atoms. The predicted octanol–water partition coefficient (Wildman–Crippen LogP) is 25.1. The van der Waals surface area contributed by atoms with Gasteiger partial charge in [0, 0.05) is 48.0 Å². The van der Waals surface area contributed by atoms with Crippen LogP contribution in [0.2, 0.25) is 0 Å². The molecule has 0 aromatic rings. The summed E-state index contributed by atoms with van der Waals surface area (Å²) in [4.78, 5) is 10.3. The van der Waals surface area contributed by atoms with Crippen molar-refractivity contribution in [2.45, 2.75) is 439 Å². The van der Waals surface area contributed by atoms with E-state index in [-0.39, 0.29) is 21.7 Å². The van der Waals surface area contributed by atoms with E-state index in [0.717, 1.165) is 32.1 Å². The molecule has 0 aliphatic carbocycles. The van der Waals surface area contributed by atoms with Crippen molar-refractivity contribution in [3.05, 3.63) is 0 Å². The normalized spacial score (nSPS) is 10.9. The van der Waals surface area contributed by atoms with Crippen LogP contribution in [0.1, 0.15) is 439 Å². The maximum Gasteiger partial charge on any atom is 0.303 e. The van der Waals surface area contributed by atoms with Crippen molar-refractivity contribution in [3.63, 3.8) is 0 Å². The fraction of sp³-hybridized carbons (Fsp3) is 0.986. The number of rotatable bonds is 64. The molecule has 0 unspecified atom stereocenters. The van der Waals surface area contributed by atoms with E-state index < -0.39 is 5.97 Å². The summed E-state index contributed by atoms with van der Waals surface area (Å²) in [5, 5.41) is 34.5. The number of aliphatic carboxylic acids is 1. The van der Waals surface area contributed by atoms with Gasteiger partial charge in [-0.2, -0.15) is 0 Å². The van der Waals surface area contributed by atoms with Gasteiger partial charge in [0.2, 0.25) is 0 Å². The zero-order valence-corrected chi connectivity index (χ0v) is 56.1. The SMILES string of the molecule is CCCCCCCCCCCCCCCCCC(=O)O.CCCCCCCCCCCCCCCCCCO.CCCCCCCCCCCCCCCCCCO.CCCCCCCCCCCCCCCCCCO.[Ti]. The zero-order chi connectivity index (χ0) is 57.0. The van der Waals surface area contributed by atoms with Crippen molar-refractivity contribution in [2.24, 2.45) is 0 Å². The minimum Gasteiger partial charge on any atom is -0.481 e. The molecule has 0 heterocycles. The van der Waals surface area contributed by atoms with Gasteiger partial charge in [-0.15, -0.1) is 0 Å². The second-order valence-electron chi connectivity index (χ2n) is 24.2. The van der Waals surface area contributed by atoms with E-state index in [0.29, 0.717) is 26.2 Å². The second kappa shape index (κ2) is 90.8. The monoisotopic (exact) mass is 1140 g/mol. The molecule has 0 rings (SSSR count). The van der Waals surface area contributed by atoms with Gasteiger partial charge in [0.1, 0.15) is 0 Å². The maximum absolute atomic E-state index is 10.3. The van der Waals surface area contributed by atoms with E-state index in [1.54, 1.807) is 0 Å². The number of carbonyl (C=O) groups is 1. The number of hydrogen-bond donors (Lipinski definition) is 4. The summed E-state index contributed by atoms with van der Waals surface area (Å²) in [5.74, 6) is -0.653. The Kier molecular flexibility index (Phi) is 101. The number of carboxylic acids is 1. The van der Waals surface area contributed by atoms with Crippen molar-refractivity contribution in [3.8, 4) is 0 Å². The Morgan fingerprint density at radius 3 is 0.397 bits per heavy atom. The van der Waals surface area contributed by atoms with Crippen LogP contribution in [-0.2, 0) is 26.5 Å². The Balaban J connectivity index is -0.000000302. The molecule has 4 N–H and O–H groups in total. The summed E-state index contributed by atoms with van der Waals surface area (Å²) in [7, 11) is 0. The smallest absolute Gasteiger partial charge is 0.303 e. The Morgan fingerprint density at radius 2 is 0.295 bits per heavy atom. The molecule has 5 nitrogen and oxygen atoms in total. The van der Waals surface area contributed by atoms with E-state index in [2.05, 4.69) is 27.7 Å². The molecular weight excluding hydrogens is 993 g/mol. The first-order valence-electron chi connectivity index (χ1n) is 36.1. The summed E-state index contributed by atoms with van der Waals surface area (Å²) in [6, 6.07) is 0. The minimum absolute atomic E-state index is 0. The van der Waals surface area contributed by atoms with Gasteiger partial charge >= 0.3 is 5.97 Å². The molecule has 0 saturated heterocycles. The van der Waals surface area contributed by atoms with E-state index in [9.17, 15) is 4.79 Å². The predicted molar refractivity (Wildman–Crippen MR) is 347 cm³/mol. The third-order valence-electron chi connectivity index (χ3n) is 16.0. The van der Waals surface area contributed by atoms with Gasteiger partial charge in [-0.3, -0.25) is 4.79 Å². The van der Waals surface area contributed by atoms with Crippen molar-refractivity contribution < 1.29 is 46.9 Å². The summed E-state index contributed by atoms with van der Waals surface area (Å²) in [6.07, 6.45) is 86.7. The molecule has 472 valence electrons. The summed E-state index contributed by atoms with van der Waals surface area (Å²) >= 11 is 0. The van der Waals surface area contributed by atoms with Crippen LogP contribution in [0.15, 0.2) is 0 Å². The average Bonchev–Trinajstić information content (AvgIpc) is 3.43. The standard InChI is InChI=1S/C18H36O2.3C18H38O.Ti/c1-2-3-4-5-6-7-8-9-10-11-12-13-14-15-16-17-18(19)20;3*1-2-3-4-5-6-7-8-9-10-11-12-13-14-15-16-17-18-19;/h2-17H2,1H3,(H,19,20);3*19H,2-18H2,1H3;. The third-order valence-corrected chi connectivity index (χ3v) is 16.0. The molecule has 0 aliphatic rings. The molecule has 0 aromatic heterocycles. The number of carboxylic acid groups (broad SMARTS) is 1.